The summed E-state index contributed by atoms with van der Waals surface area (Å²) in [7, 11) is 1.85. The average molecular weight is 541 g/mol. The minimum Gasteiger partial charge on any atom is -0.466 e. The van der Waals surface area contributed by atoms with Crippen LogP contribution in [0.4, 0.5) is 5.69 Å². The van der Waals surface area contributed by atoms with E-state index >= 15 is 0 Å². The molecular formula is C30H28N4O2S2. The van der Waals surface area contributed by atoms with Crippen molar-refractivity contribution in [2.75, 3.05) is 19.0 Å². The zero-order valence-electron chi connectivity index (χ0n) is 21.7. The van der Waals surface area contributed by atoms with Gasteiger partial charge in [0, 0.05) is 41.0 Å². The van der Waals surface area contributed by atoms with E-state index in [0.717, 1.165) is 65.0 Å². The molecule has 0 saturated heterocycles. The number of esters is 1. The maximum absolute atomic E-state index is 12.5. The summed E-state index contributed by atoms with van der Waals surface area (Å²) in [5, 5.41) is 14.6. The number of carbonyl (C=O) groups excluding carboxylic acids is 1. The Hall–Kier alpha value is -3.88. The van der Waals surface area contributed by atoms with Crippen molar-refractivity contribution in [3.05, 3.63) is 76.2 Å². The molecule has 0 aliphatic carbocycles. The number of anilines is 1. The molecule has 0 unspecified atom stereocenters. The molecule has 38 heavy (non-hydrogen) atoms. The Bertz CT molecular complexity index is 1650. The number of benzene rings is 3. The third kappa shape index (κ3) is 4.97. The number of hydrogen-bond acceptors (Lipinski definition) is 8. The maximum atomic E-state index is 12.5. The number of aryl methyl sites for hydroxylation is 2. The van der Waals surface area contributed by atoms with Gasteiger partial charge in [0.15, 0.2) is 10.0 Å². The Morgan fingerprint density at radius 1 is 1.05 bits per heavy atom. The zero-order valence-corrected chi connectivity index (χ0v) is 23.3. The van der Waals surface area contributed by atoms with Crippen LogP contribution in [-0.4, -0.2) is 35.8 Å². The van der Waals surface area contributed by atoms with Gasteiger partial charge < -0.3 is 15.5 Å². The first-order chi connectivity index (χ1) is 18.4. The molecule has 0 aliphatic rings. The molecule has 0 aliphatic heterocycles. The van der Waals surface area contributed by atoms with Crippen LogP contribution in [0.5, 0.6) is 0 Å². The summed E-state index contributed by atoms with van der Waals surface area (Å²) in [6.45, 7) is 6.28. The highest BCUT2D eigenvalue weighted by Crippen LogP contribution is 2.42. The van der Waals surface area contributed by atoms with Crippen molar-refractivity contribution >= 4 is 50.8 Å². The van der Waals surface area contributed by atoms with E-state index in [4.69, 9.17) is 20.1 Å². The second kappa shape index (κ2) is 10.8. The molecule has 5 aromatic rings. The monoisotopic (exact) mass is 540 g/mol. The number of nitrogens with one attached hydrogen (secondary N) is 2. The van der Waals surface area contributed by atoms with Crippen molar-refractivity contribution in [3.63, 3.8) is 0 Å². The van der Waals surface area contributed by atoms with Crippen LogP contribution in [-0.2, 0) is 16.0 Å². The van der Waals surface area contributed by atoms with Crippen molar-refractivity contribution in [3.8, 4) is 32.4 Å². The summed E-state index contributed by atoms with van der Waals surface area (Å²) in [6, 6.07) is 16.4. The fourth-order valence-corrected chi connectivity index (χ4v) is 6.51. The van der Waals surface area contributed by atoms with Gasteiger partial charge in [-0.15, -0.1) is 22.7 Å². The number of ether oxygens (including phenoxy) is 1. The van der Waals surface area contributed by atoms with E-state index in [2.05, 4.69) is 42.6 Å². The summed E-state index contributed by atoms with van der Waals surface area (Å²) < 4.78 is 6.33. The predicted octanol–water partition coefficient (Wildman–Crippen LogP) is 7.52. The van der Waals surface area contributed by atoms with Crippen molar-refractivity contribution < 1.29 is 9.53 Å². The number of thiazole rings is 2. The Morgan fingerprint density at radius 2 is 1.82 bits per heavy atom. The largest absolute Gasteiger partial charge is 0.466 e. The van der Waals surface area contributed by atoms with Gasteiger partial charge in [-0.3, -0.25) is 4.79 Å². The van der Waals surface area contributed by atoms with Gasteiger partial charge in [0.1, 0.15) is 0 Å². The van der Waals surface area contributed by atoms with E-state index in [9.17, 15) is 4.79 Å². The molecule has 0 radical (unpaired) electrons. The first kappa shape index (κ1) is 25.8. The van der Waals surface area contributed by atoms with E-state index in [1.54, 1.807) is 22.7 Å². The Morgan fingerprint density at radius 3 is 2.53 bits per heavy atom. The third-order valence-electron chi connectivity index (χ3n) is 6.44. The van der Waals surface area contributed by atoms with Gasteiger partial charge in [0.2, 0.25) is 0 Å². The lowest BCUT2D eigenvalue weighted by atomic mass is 9.93. The standard InChI is InChI=1S/C30H28N4O2S2/c1-5-36-26(35)14-22-18(3)12-24-28(27(22)19-8-6-17(2)7-9-19)38-30(33-24)29-34-25(16-37-29)20-10-11-23(32-4)21(13-20)15-31/h6-13,15-16,31-32H,5,14H2,1-4H3. The van der Waals surface area contributed by atoms with E-state index in [-0.39, 0.29) is 12.4 Å². The molecule has 0 saturated carbocycles. The first-order valence-corrected chi connectivity index (χ1v) is 14.1. The highest BCUT2D eigenvalue weighted by molar-refractivity contribution is 7.25. The number of aromatic nitrogens is 2. The van der Waals surface area contributed by atoms with Crippen molar-refractivity contribution in [1.82, 2.24) is 9.97 Å². The van der Waals surface area contributed by atoms with Gasteiger partial charge in [-0.1, -0.05) is 35.9 Å². The average Bonchev–Trinajstić information content (AvgIpc) is 3.57. The molecule has 2 heterocycles. The summed E-state index contributed by atoms with van der Waals surface area (Å²) in [6.07, 6.45) is 1.56. The normalized spacial score (nSPS) is 11.1. The first-order valence-electron chi connectivity index (χ1n) is 12.4. The van der Waals surface area contributed by atoms with Crippen molar-refractivity contribution in [1.29, 1.82) is 5.41 Å². The van der Waals surface area contributed by atoms with Gasteiger partial charge in [0.25, 0.3) is 0 Å². The van der Waals surface area contributed by atoms with Gasteiger partial charge in [-0.05, 0) is 55.7 Å². The molecule has 8 heteroatoms. The van der Waals surface area contributed by atoms with Crippen LogP contribution in [0.3, 0.4) is 0 Å². The zero-order chi connectivity index (χ0) is 26.8. The SMILES string of the molecule is CCOC(=O)Cc1c(C)cc2nc(-c3nc(-c4ccc(NC)c(C=N)c4)cs3)sc2c1-c1ccc(C)cc1. The fraction of sp³-hybridized carbons (Fsp3) is 0.200. The van der Waals surface area contributed by atoms with Crippen LogP contribution in [0.15, 0.2) is 53.9 Å². The molecular weight excluding hydrogens is 512 g/mol. The highest BCUT2D eigenvalue weighted by Gasteiger charge is 2.21. The topological polar surface area (TPSA) is 88.0 Å². The van der Waals surface area contributed by atoms with Gasteiger partial charge in [-0.25, -0.2) is 9.97 Å². The molecule has 0 amide bonds. The van der Waals surface area contributed by atoms with Gasteiger partial charge in [0.05, 0.1) is 28.9 Å². The second-order valence-corrected chi connectivity index (χ2v) is 10.9. The number of nitrogens with zero attached hydrogens (tertiary/aromatic N) is 2. The van der Waals surface area contributed by atoms with Gasteiger partial charge >= 0.3 is 5.97 Å². The van der Waals surface area contributed by atoms with Crippen LogP contribution < -0.4 is 5.32 Å². The van der Waals surface area contributed by atoms with Crippen LogP contribution in [0.25, 0.3) is 42.6 Å². The minimum absolute atomic E-state index is 0.214. The van der Waals surface area contributed by atoms with Gasteiger partial charge in [-0.2, -0.15) is 0 Å². The Kier molecular flexibility index (Phi) is 7.35. The molecule has 6 nitrogen and oxygen atoms in total. The summed E-state index contributed by atoms with van der Waals surface area (Å²) in [5.41, 5.74) is 9.68. The molecule has 2 N–H and O–H groups in total. The molecule has 5 rings (SSSR count). The minimum atomic E-state index is -0.230. The third-order valence-corrected chi connectivity index (χ3v) is 8.51. The molecule has 192 valence electrons. The lowest BCUT2D eigenvalue weighted by Crippen LogP contribution is -2.09. The number of rotatable bonds is 8. The van der Waals surface area contributed by atoms with Crippen LogP contribution in [0.2, 0.25) is 0 Å². The van der Waals surface area contributed by atoms with E-state index in [1.807, 2.05) is 44.5 Å². The number of fused-ring (bicyclic) bond motifs is 1. The van der Waals surface area contributed by atoms with Crippen molar-refractivity contribution in [2.24, 2.45) is 0 Å². The molecule has 0 fully saturated rings. The fourth-order valence-electron chi connectivity index (χ4n) is 4.51. The molecule has 0 spiro atoms. The summed E-state index contributed by atoms with van der Waals surface area (Å²) in [4.78, 5) is 22.4. The summed E-state index contributed by atoms with van der Waals surface area (Å²) >= 11 is 3.16. The van der Waals surface area contributed by atoms with Crippen LogP contribution in [0.1, 0.15) is 29.2 Å². The van der Waals surface area contributed by atoms with E-state index < -0.39 is 0 Å². The quantitative estimate of drug-likeness (QED) is 0.157. The lowest BCUT2D eigenvalue weighted by Gasteiger charge is -2.14. The smallest absolute Gasteiger partial charge is 0.310 e. The summed E-state index contributed by atoms with van der Waals surface area (Å²) in [5.74, 6) is -0.230. The number of hydrogen-bond donors (Lipinski definition) is 2. The predicted molar refractivity (Wildman–Crippen MR) is 159 cm³/mol. The molecule has 3 aromatic carbocycles. The lowest BCUT2D eigenvalue weighted by molar-refractivity contribution is -0.142. The maximum Gasteiger partial charge on any atom is 0.310 e. The second-order valence-electron chi connectivity index (χ2n) is 9.00. The Balaban J connectivity index is 1.61. The van der Waals surface area contributed by atoms with E-state index in [0.29, 0.717) is 6.61 Å². The molecule has 0 atom stereocenters. The van der Waals surface area contributed by atoms with E-state index in [1.165, 1.54) is 11.8 Å². The van der Waals surface area contributed by atoms with Crippen LogP contribution in [0, 0.1) is 19.3 Å². The molecule has 0 bridgehead atoms. The van der Waals surface area contributed by atoms with Crippen LogP contribution >= 0.6 is 22.7 Å². The number of carbonyl (C=O) groups is 1. The highest BCUT2D eigenvalue weighted by atomic mass is 32.1. The Labute approximate surface area is 229 Å². The molecule has 2 aromatic heterocycles. The van der Waals surface area contributed by atoms with Crippen molar-refractivity contribution in [2.45, 2.75) is 27.2 Å².